The third-order valence-corrected chi connectivity index (χ3v) is 3.48. The molecule has 2 aliphatic rings. The van der Waals surface area contributed by atoms with Gasteiger partial charge in [-0.1, -0.05) is 0 Å². The van der Waals surface area contributed by atoms with Gasteiger partial charge in [0.15, 0.2) is 0 Å². The zero-order chi connectivity index (χ0) is 11.5. The largest absolute Gasteiger partial charge is 0.378 e. The zero-order valence-electron chi connectivity index (χ0n) is 9.72. The molecule has 2 N–H and O–H groups in total. The molecule has 0 aromatic carbocycles. The molecule has 5 nitrogen and oxygen atoms in total. The van der Waals surface area contributed by atoms with Crippen LogP contribution in [0.1, 0.15) is 13.3 Å². The summed E-state index contributed by atoms with van der Waals surface area (Å²) in [4.78, 5) is 14.2. The lowest BCUT2D eigenvalue weighted by molar-refractivity contribution is -0.145. The maximum atomic E-state index is 12.3. The molecule has 0 aliphatic carbocycles. The molecule has 3 atom stereocenters. The van der Waals surface area contributed by atoms with Gasteiger partial charge in [0.1, 0.15) is 0 Å². The average Bonchev–Trinajstić information content (AvgIpc) is 2.74. The molecule has 5 heteroatoms. The van der Waals surface area contributed by atoms with Crippen molar-refractivity contribution < 1.29 is 14.3 Å². The lowest BCUT2D eigenvalue weighted by Crippen LogP contribution is -2.54. The monoisotopic (exact) mass is 228 g/mol. The van der Waals surface area contributed by atoms with E-state index in [0.29, 0.717) is 32.9 Å². The lowest BCUT2D eigenvalue weighted by Gasteiger charge is -2.36. The van der Waals surface area contributed by atoms with Gasteiger partial charge in [0.25, 0.3) is 0 Å². The van der Waals surface area contributed by atoms with Crippen LogP contribution < -0.4 is 5.73 Å². The Morgan fingerprint density at radius 2 is 2.31 bits per heavy atom. The Morgan fingerprint density at radius 1 is 1.50 bits per heavy atom. The quantitative estimate of drug-likeness (QED) is 0.698. The number of hydrogen-bond acceptors (Lipinski definition) is 4. The van der Waals surface area contributed by atoms with Crippen LogP contribution in [0.4, 0.5) is 0 Å². The van der Waals surface area contributed by atoms with E-state index in [1.54, 1.807) is 0 Å². The summed E-state index contributed by atoms with van der Waals surface area (Å²) in [6.07, 6.45) is 0.864. The van der Waals surface area contributed by atoms with Crippen LogP contribution in [0, 0.1) is 5.92 Å². The fourth-order valence-electron chi connectivity index (χ4n) is 2.41. The van der Waals surface area contributed by atoms with E-state index in [2.05, 4.69) is 0 Å². The molecule has 0 aromatic rings. The van der Waals surface area contributed by atoms with Crippen molar-refractivity contribution in [2.24, 2.45) is 11.7 Å². The fourth-order valence-corrected chi connectivity index (χ4v) is 2.41. The van der Waals surface area contributed by atoms with Crippen LogP contribution in [-0.2, 0) is 14.3 Å². The van der Waals surface area contributed by atoms with E-state index in [1.165, 1.54) is 0 Å². The number of rotatable bonds is 2. The maximum Gasteiger partial charge on any atom is 0.228 e. The van der Waals surface area contributed by atoms with Gasteiger partial charge in [-0.25, -0.2) is 0 Å². The second kappa shape index (κ2) is 5.12. The Bertz CT molecular complexity index is 260. The molecule has 0 spiro atoms. The van der Waals surface area contributed by atoms with Crippen molar-refractivity contribution in [1.82, 2.24) is 4.90 Å². The number of hydrogen-bond donors (Lipinski definition) is 1. The van der Waals surface area contributed by atoms with Gasteiger partial charge in [-0.15, -0.1) is 0 Å². The standard InChI is InChI=1S/C11H20N2O3/c1-8-10(2-4-16-8)11(14)13-3-5-15-7-9(13)6-12/h8-10H,2-7,12H2,1H3. The summed E-state index contributed by atoms with van der Waals surface area (Å²) in [7, 11) is 0. The molecule has 2 heterocycles. The number of carbonyl (C=O) groups is 1. The van der Waals surface area contributed by atoms with Crippen molar-refractivity contribution in [3.63, 3.8) is 0 Å². The van der Waals surface area contributed by atoms with Crippen LogP contribution in [-0.4, -0.2) is 55.9 Å². The Hall–Kier alpha value is -0.650. The minimum Gasteiger partial charge on any atom is -0.378 e. The van der Waals surface area contributed by atoms with Gasteiger partial charge >= 0.3 is 0 Å². The van der Waals surface area contributed by atoms with Gasteiger partial charge in [0, 0.05) is 19.7 Å². The van der Waals surface area contributed by atoms with Gasteiger partial charge in [0.2, 0.25) is 5.91 Å². The van der Waals surface area contributed by atoms with E-state index in [0.717, 1.165) is 6.42 Å². The molecule has 2 aliphatic heterocycles. The highest BCUT2D eigenvalue weighted by Crippen LogP contribution is 2.24. The molecule has 2 rings (SSSR count). The molecule has 0 aromatic heterocycles. The zero-order valence-corrected chi connectivity index (χ0v) is 9.72. The molecule has 3 unspecified atom stereocenters. The molecule has 92 valence electrons. The van der Waals surface area contributed by atoms with Gasteiger partial charge in [0.05, 0.1) is 31.3 Å². The molecule has 16 heavy (non-hydrogen) atoms. The highest BCUT2D eigenvalue weighted by Gasteiger charge is 2.37. The summed E-state index contributed by atoms with van der Waals surface area (Å²) in [5, 5.41) is 0. The summed E-state index contributed by atoms with van der Waals surface area (Å²) in [5.74, 6) is 0.191. The third-order valence-electron chi connectivity index (χ3n) is 3.48. The number of morpholine rings is 1. The van der Waals surface area contributed by atoms with Gasteiger partial charge in [-0.3, -0.25) is 4.79 Å². The molecule has 0 radical (unpaired) electrons. The van der Waals surface area contributed by atoms with Crippen molar-refractivity contribution in [1.29, 1.82) is 0 Å². The molecule has 2 saturated heterocycles. The molecular weight excluding hydrogens is 208 g/mol. The second-order valence-corrected chi connectivity index (χ2v) is 4.47. The van der Waals surface area contributed by atoms with Crippen LogP contribution >= 0.6 is 0 Å². The van der Waals surface area contributed by atoms with E-state index in [9.17, 15) is 4.79 Å². The predicted octanol–water partition coefficient (Wildman–Crippen LogP) is -0.402. The van der Waals surface area contributed by atoms with Gasteiger partial charge in [-0.05, 0) is 13.3 Å². The fraction of sp³-hybridized carbons (Fsp3) is 0.909. The Balaban J connectivity index is 2.01. The Morgan fingerprint density at radius 3 is 2.94 bits per heavy atom. The van der Waals surface area contributed by atoms with Crippen LogP contribution in [0.3, 0.4) is 0 Å². The van der Waals surface area contributed by atoms with Crippen LogP contribution in [0.2, 0.25) is 0 Å². The van der Waals surface area contributed by atoms with Crippen LogP contribution in [0.25, 0.3) is 0 Å². The second-order valence-electron chi connectivity index (χ2n) is 4.47. The minimum absolute atomic E-state index is 0.00662. The molecule has 1 amide bonds. The molecule has 0 saturated carbocycles. The average molecular weight is 228 g/mol. The van der Waals surface area contributed by atoms with Crippen LogP contribution in [0.15, 0.2) is 0 Å². The summed E-state index contributed by atoms with van der Waals surface area (Å²) in [6.45, 7) is 4.95. The minimum atomic E-state index is 0.00662. The highest BCUT2D eigenvalue weighted by atomic mass is 16.5. The lowest BCUT2D eigenvalue weighted by atomic mass is 9.99. The first-order valence-corrected chi connectivity index (χ1v) is 5.94. The first kappa shape index (κ1) is 11.8. The number of nitrogens with zero attached hydrogens (tertiary/aromatic N) is 1. The first-order chi connectivity index (χ1) is 7.74. The Kier molecular flexibility index (Phi) is 3.78. The summed E-state index contributed by atoms with van der Waals surface area (Å²) in [6, 6.07) is 0.0362. The van der Waals surface area contributed by atoms with Crippen molar-refractivity contribution in [3.05, 3.63) is 0 Å². The summed E-state index contributed by atoms with van der Waals surface area (Å²) in [5.41, 5.74) is 5.66. The van der Waals surface area contributed by atoms with E-state index >= 15 is 0 Å². The smallest absolute Gasteiger partial charge is 0.228 e. The van der Waals surface area contributed by atoms with Crippen molar-refractivity contribution >= 4 is 5.91 Å². The summed E-state index contributed by atoms with van der Waals surface area (Å²) >= 11 is 0. The number of nitrogens with two attached hydrogens (primary N) is 1. The van der Waals surface area contributed by atoms with Gasteiger partial charge < -0.3 is 20.1 Å². The predicted molar refractivity (Wildman–Crippen MR) is 58.9 cm³/mol. The number of ether oxygens (including phenoxy) is 2. The molecule has 2 fully saturated rings. The van der Waals surface area contributed by atoms with Crippen molar-refractivity contribution in [3.8, 4) is 0 Å². The van der Waals surface area contributed by atoms with Crippen LogP contribution in [0.5, 0.6) is 0 Å². The third kappa shape index (κ3) is 2.21. The van der Waals surface area contributed by atoms with Crippen molar-refractivity contribution in [2.45, 2.75) is 25.5 Å². The van der Waals surface area contributed by atoms with E-state index in [4.69, 9.17) is 15.2 Å². The number of amides is 1. The topological polar surface area (TPSA) is 64.8 Å². The molecular formula is C11H20N2O3. The molecule has 0 bridgehead atoms. The number of carbonyl (C=O) groups excluding carboxylic acids is 1. The van der Waals surface area contributed by atoms with Gasteiger partial charge in [-0.2, -0.15) is 0 Å². The van der Waals surface area contributed by atoms with Crippen molar-refractivity contribution in [2.75, 3.05) is 32.9 Å². The van der Waals surface area contributed by atoms with E-state index < -0.39 is 0 Å². The summed E-state index contributed by atoms with van der Waals surface area (Å²) < 4.78 is 10.8. The van der Waals surface area contributed by atoms with E-state index in [1.807, 2.05) is 11.8 Å². The normalized spacial score (nSPS) is 35.4. The Labute approximate surface area is 95.9 Å². The highest BCUT2D eigenvalue weighted by molar-refractivity contribution is 5.80. The van der Waals surface area contributed by atoms with E-state index in [-0.39, 0.29) is 24.0 Å². The SMILES string of the molecule is CC1OCCC1C(=O)N1CCOCC1CN. The maximum absolute atomic E-state index is 12.3. The first-order valence-electron chi connectivity index (χ1n) is 5.94.